The molecule has 2 aliphatic heterocycles. The molecule has 3 aliphatic rings. The molecule has 2 heterocycles. The van der Waals surface area contributed by atoms with Crippen LogP contribution in [0.15, 0.2) is 23.4 Å². The smallest absolute Gasteiger partial charge is 0.414 e. The number of ether oxygens (including phenoxy) is 1. The topological polar surface area (TPSA) is 83.5 Å². The number of cyclic esters (lactones) is 1. The molecule has 1 atom stereocenters. The van der Waals surface area contributed by atoms with Gasteiger partial charge in [0, 0.05) is 18.9 Å². The normalized spacial score (nSPS) is 23.2. The lowest BCUT2D eigenvalue weighted by Gasteiger charge is -2.20. The van der Waals surface area contributed by atoms with E-state index >= 15 is 0 Å². The highest BCUT2D eigenvalue weighted by Crippen LogP contribution is 2.52. The molecule has 1 aromatic rings. The number of halogens is 1. The van der Waals surface area contributed by atoms with Crippen LogP contribution in [-0.2, 0) is 14.4 Å². The van der Waals surface area contributed by atoms with Crippen LogP contribution < -0.4 is 15.1 Å². The SMILES string of the molecule is CCCO/N=C1\CN(c2ccc(N3C[C@H](CNC(C)=O)OC3=O)cc2F)CC12CC2. The van der Waals surface area contributed by atoms with Crippen LogP contribution in [0.1, 0.15) is 33.1 Å². The van der Waals surface area contributed by atoms with Gasteiger partial charge in [-0.25, -0.2) is 9.18 Å². The molecule has 1 spiro atoms. The van der Waals surface area contributed by atoms with E-state index in [4.69, 9.17) is 9.57 Å². The Morgan fingerprint density at radius 1 is 1.43 bits per heavy atom. The Morgan fingerprint density at radius 3 is 2.90 bits per heavy atom. The van der Waals surface area contributed by atoms with Gasteiger partial charge in [0.15, 0.2) is 0 Å². The van der Waals surface area contributed by atoms with Crippen LogP contribution in [0.4, 0.5) is 20.6 Å². The first-order valence-electron chi connectivity index (χ1n) is 10.4. The van der Waals surface area contributed by atoms with Crippen molar-refractivity contribution in [2.75, 3.05) is 42.6 Å². The lowest BCUT2D eigenvalue weighted by atomic mass is 10.1. The minimum atomic E-state index is -0.543. The molecule has 0 radical (unpaired) electrons. The van der Waals surface area contributed by atoms with Crippen LogP contribution in [0.3, 0.4) is 0 Å². The highest BCUT2D eigenvalue weighted by Gasteiger charge is 2.54. The van der Waals surface area contributed by atoms with E-state index in [0.29, 0.717) is 24.5 Å². The summed E-state index contributed by atoms with van der Waals surface area (Å²) in [5, 5.41) is 6.94. The molecule has 0 bridgehead atoms. The third-order valence-electron chi connectivity index (χ3n) is 5.81. The Bertz CT molecular complexity index is 871. The van der Waals surface area contributed by atoms with Gasteiger partial charge in [0.25, 0.3) is 0 Å². The van der Waals surface area contributed by atoms with E-state index in [1.54, 1.807) is 12.1 Å². The maximum atomic E-state index is 15.0. The molecular formula is C21H27FN4O4. The van der Waals surface area contributed by atoms with Gasteiger partial charge in [-0.2, -0.15) is 0 Å². The van der Waals surface area contributed by atoms with Crippen molar-refractivity contribution in [3.63, 3.8) is 0 Å². The Labute approximate surface area is 175 Å². The van der Waals surface area contributed by atoms with Crippen LogP contribution in [0.25, 0.3) is 0 Å². The lowest BCUT2D eigenvalue weighted by Crippen LogP contribution is -2.33. The molecule has 2 amide bonds. The van der Waals surface area contributed by atoms with Gasteiger partial charge in [-0.15, -0.1) is 0 Å². The van der Waals surface area contributed by atoms with Gasteiger partial charge in [0.2, 0.25) is 5.91 Å². The first kappa shape index (κ1) is 20.4. The number of oxime groups is 1. The summed E-state index contributed by atoms with van der Waals surface area (Å²) in [6, 6.07) is 4.79. The van der Waals surface area contributed by atoms with Crippen molar-refractivity contribution >= 4 is 29.1 Å². The van der Waals surface area contributed by atoms with Gasteiger partial charge in [-0.3, -0.25) is 9.69 Å². The van der Waals surface area contributed by atoms with Crippen molar-refractivity contribution < 1.29 is 23.6 Å². The zero-order valence-electron chi connectivity index (χ0n) is 17.3. The average Bonchev–Trinajstić information content (AvgIpc) is 3.25. The predicted octanol–water partition coefficient (Wildman–Crippen LogP) is 2.67. The zero-order valence-corrected chi connectivity index (χ0v) is 17.3. The molecule has 0 aromatic heterocycles. The number of nitrogens with zero attached hydrogens (tertiary/aromatic N) is 3. The molecule has 162 valence electrons. The largest absolute Gasteiger partial charge is 0.442 e. The monoisotopic (exact) mass is 418 g/mol. The fourth-order valence-corrected chi connectivity index (χ4v) is 3.99. The first-order chi connectivity index (χ1) is 14.4. The van der Waals surface area contributed by atoms with Crippen molar-refractivity contribution in [2.45, 2.75) is 39.2 Å². The van der Waals surface area contributed by atoms with Crippen molar-refractivity contribution in [1.82, 2.24) is 5.32 Å². The van der Waals surface area contributed by atoms with Crippen LogP contribution in [-0.4, -0.2) is 56.6 Å². The van der Waals surface area contributed by atoms with Crippen molar-refractivity contribution in [3.05, 3.63) is 24.0 Å². The number of hydrogen-bond donors (Lipinski definition) is 1. The summed E-state index contributed by atoms with van der Waals surface area (Å²) in [4.78, 5) is 32.0. The van der Waals surface area contributed by atoms with E-state index in [0.717, 1.165) is 31.5 Å². The third kappa shape index (κ3) is 4.06. The molecule has 9 heteroatoms. The average molecular weight is 418 g/mol. The highest BCUT2D eigenvalue weighted by atomic mass is 19.1. The number of rotatable bonds is 7. The molecule has 1 aromatic carbocycles. The molecule has 3 fully saturated rings. The van der Waals surface area contributed by atoms with E-state index in [-0.39, 0.29) is 24.4 Å². The summed E-state index contributed by atoms with van der Waals surface area (Å²) >= 11 is 0. The van der Waals surface area contributed by atoms with Crippen molar-refractivity contribution in [2.24, 2.45) is 10.6 Å². The number of carbonyl (C=O) groups excluding carboxylic acids is 2. The lowest BCUT2D eigenvalue weighted by molar-refractivity contribution is -0.119. The van der Waals surface area contributed by atoms with E-state index < -0.39 is 18.0 Å². The van der Waals surface area contributed by atoms with Crippen molar-refractivity contribution in [1.29, 1.82) is 0 Å². The Kier molecular flexibility index (Phi) is 5.53. The summed E-state index contributed by atoms with van der Waals surface area (Å²) in [6.45, 7) is 5.78. The molecule has 1 aliphatic carbocycles. The number of hydrogen-bond acceptors (Lipinski definition) is 6. The van der Waals surface area contributed by atoms with E-state index in [1.165, 1.54) is 17.9 Å². The molecule has 8 nitrogen and oxygen atoms in total. The van der Waals surface area contributed by atoms with Gasteiger partial charge in [0.05, 0.1) is 36.7 Å². The van der Waals surface area contributed by atoms with Crippen LogP contribution in [0.2, 0.25) is 0 Å². The summed E-state index contributed by atoms with van der Waals surface area (Å²) in [5.41, 5.74) is 1.94. The highest BCUT2D eigenvalue weighted by molar-refractivity contribution is 5.99. The number of anilines is 2. The molecular weight excluding hydrogens is 391 g/mol. The maximum absolute atomic E-state index is 15.0. The second-order valence-electron chi connectivity index (χ2n) is 8.20. The fourth-order valence-electron chi connectivity index (χ4n) is 3.99. The number of amides is 2. The second-order valence-corrected chi connectivity index (χ2v) is 8.20. The van der Waals surface area contributed by atoms with E-state index in [9.17, 15) is 14.0 Å². The summed E-state index contributed by atoms with van der Waals surface area (Å²) in [6.07, 6.45) is 1.99. The minimum Gasteiger partial charge on any atom is -0.442 e. The summed E-state index contributed by atoms with van der Waals surface area (Å²) < 4.78 is 20.2. The Balaban J connectivity index is 1.45. The Morgan fingerprint density at radius 2 is 2.23 bits per heavy atom. The fraction of sp³-hybridized carbons (Fsp3) is 0.571. The van der Waals surface area contributed by atoms with Crippen LogP contribution in [0.5, 0.6) is 0 Å². The molecule has 4 rings (SSSR count). The van der Waals surface area contributed by atoms with Crippen LogP contribution >= 0.6 is 0 Å². The summed E-state index contributed by atoms with van der Waals surface area (Å²) in [7, 11) is 0. The molecule has 0 unspecified atom stereocenters. The first-order valence-corrected chi connectivity index (χ1v) is 10.4. The quantitative estimate of drug-likeness (QED) is 0.544. The molecule has 1 N–H and O–H groups in total. The minimum absolute atomic E-state index is 0.0224. The standard InChI is InChI=1S/C21H27FN4O4/c1-3-8-29-24-19-12-25(13-21(19)6-7-21)18-5-4-15(9-17(18)22)26-11-16(30-20(26)28)10-23-14(2)27/h4-5,9,16H,3,6-8,10-13H2,1-2H3,(H,23,27)/b24-19+/t16-/m0/s1. The molecule has 2 saturated heterocycles. The van der Waals surface area contributed by atoms with Gasteiger partial charge in [-0.1, -0.05) is 12.1 Å². The van der Waals surface area contributed by atoms with Gasteiger partial charge < -0.3 is 19.8 Å². The van der Waals surface area contributed by atoms with E-state index in [2.05, 4.69) is 10.5 Å². The summed E-state index contributed by atoms with van der Waals surface area (Å²) in [5.74, 6) is -0.584. The zero-order chi connectivity index (χ0) is 21.3. The second kappa shape index (κ2) is 8.12. The predicted molar refractivity (Wildman–Crippen MR) is 110 cm³/mol. The molecule has 1 saturated carbocycles. The van der Waals surface area contributed by atoms with Crippen LogP contribution in [0, 0.1) is 11.2 Å². The number of benzene rings is 1. The number of nitrogens with one attached hydrogen (secondary N) is 1. The van der Waals surface area contributed by atoms with Gasteiger partial charge in [0.1, 0.15) is 18.5 Å². The van der Waals surface area contributed by atoms with Crippen molar-refractivity contribution in [3.8, 4) is 0 Å². The Hall–Kier alpha value is -2.84. The van der Waals surface area contributed by atoms with Gasteiger partial charge in [-0.05, 0) is 37.5 Å². The van der Waals surface area contributed by atoms with E-state index in [1.807, 2.05) is 11.8 Å². The third-order valence-corrected chi connectivity index (χ3v) is 5.81. The molecule has 30 heavy (non-hydrogen) atoms. The number of carbonyl (C=O) groups is 2. The van der Waals surface area contributed by atoms with Gasteiger partial charge >= 0.3 is 6.09 Å². The maximum Gasteiger partial charge on any atom is 0.414 e.